The fraction of sp³-hybridized carbons (Fsp3) is 0.240. The molecule has 3 rings (SSSR count). The monoisotopic (exact) mass is 466 g/mol. The van der Waals surface area contributed by atoms with Crippen molar-refractivity contribution in [3.63, 3.8) is 0 Å². The molecule has 0 bridgehead atoms. The minimum absolute atomic E-state index is 0.116. The van der Waals surface area contributed by atoms with E-state index in [0.29, 0.717) is 0 Å². The third kappa shape index (κ3) is 7.01. The lowest BCUT2D eigenvalue weighted by Gasteiger charge is -2.26. The van der Waals surface area contributed by atoms with Gasteiger partial charge in [-0.05, 0) is 35.2 Å². The van der Waals surface area contributed by atoms with E-state index in [0.717, 1.165) is 36.6 Å². The standard InChI is InChI=1S/C25H24BrClN2/c26-24(15-23(16-28)22-9-5-2-6-10-22)19-29(17-20-7-3-1-4-8-20)18-21-11-13-25(27)14-12-21/h1-14,23-24H,15,17-19H2. The number of alkyl halides is 1. The summed E-state index contributed by atoms with van der Waals surface area (Å²) in [4.78, 5) is 2.63. The van der Waals surface area contributed by atoms with Gasteiger partial charge >= 0.3 is 0 Å². The predicted molar refractivity (Wildman–Crippen MR) is 124 cm³/mol. The van der Waals surface area contributed by atoms with Crippen LogP contribution >= 0.6 is 27.5 Å². The van der Waals surface area contributed by atoms with Crippen molar-refractivity contribution in [1.29, 1.82) is 5.26 Å². The molecule has 0 aliphatic carbocycles. The smallest absolute Gasteiger partial charge is 0.0723 e. The molecule has 4 heteroatoms. The average molecular weight is 468 g/mol. The van der Waals surface area contributed by atoms with Crippen LogP contribution in [0.25, 0.3) is 0 Å². The lowest BCUT2D eigenvalue weighted by molar-refractivity contribution is 0.255. The Bertz CT molecular complexity index is 907. The van der Waals surface area contributed by atoms with Crippen LogP contribution in [0, 0.1) is 11.3 Å². The fourth-order valence-corrected chi connectivity index (χ4v) is 4.34. The van der Waals surface area contributed by atoms with Crippen molar-refractivity contribution in [3.8, 4) is 6.07 Å². The van der Waals surface area contributed by atoms with Gasteiger partial charge in [0.15, 0.2) is 0 Å². The van der Waals surface area contributed by atoms with Crippen molar-refractivity contribution >= 4 is 27.5 Å². The number of hydrogen-bond acceptors (Lipinski definition) is 2. The summed E-state index contributed by atoms with van der Waals surface area (Å²) in [6, 6.07) is 31.0. The summed E-state index contributed by atoms with van der Waals surface area (Å²) >= 11 is 9.88. The van der Waals surface area contributed by atoms with Crippen molar-refractivity contribution in [3.05, 3.63) is 107 Å². The van der Waals surface area contributed by atoms with Gasteiger partial charge < -0.3 is 0 Å². The maximum atomic E-state index is 9.66. The molecule has 3 aromatic carbocycles. The zero-order chi connectivity index (χ0) is 20.5. The molecule has 0 amide bonds. The highest BCUT2D eigenvalue weighted by atomic mass is 79.9. The van der Waals surface area contributed by atoms with Crippen molar-refractivity contribution in [2.45, 2.75) is 30.3 Å². The molecular weight excluding hydrogens is 444 g/mol. The summed E-state index contributed by atoms with van der Waals surface area (Å²) in [5.41, 5.74) is 3.58. The van der Waals surface area contributed by atoms with Gasteiger partial charge in [-0.3, -0.25) is 4.90 Å². The molecule has 0 heterocycles. The average Bonchev–Trinajstić information content (AvgIpc) is 2.75. The highest BCUT2D eigenvalue weighted by Crippen LogP contribution is 2.25. The van der Waals surface area contributed by atoms with Crippen LogP contribution in [0.4, 0.5) is 0 Å². The molecule has 0 aromatic heterocycles. The molecule has 2 nitrogen and oxygen atoms in total. The van der Waals surface area contributed by atoms with Crippen LogP contribution in [0.5, 0.6) is 0 Å². The number of halogens is 2. The number of nitriles is 1. The molecule has 0 spiro atoms. The first-order valence-corrected chi connectivity index (χ1v) is 11.0. The van der Waals surface area contributed by atoms with Crippen LogP contribution in [-0.4, -0.2) is 16.3 Å². The highest BCUT2D eigenvalue weighted by molar-refractivity contribution is 9.09. The first-order chi connectivity index (χ1) is 14.1. The van der Waals surface area contributed by atoms with Crippen LogP contribution in [0.2, 0.25) is 5.02 Å². The SMILES string of the molecule is N#CC(CC(Br)CN(Cc1ccccc1)Cc1ccc(Cl)cc1)c1ccccc1. The van der Waals surface area contributed by atoms with Gasteiger partial charge in [0, 0.05) is 29.5 Å². The van der Waals surface area contributed by atoms with E-state index in [-0.39, 0.29) is 10.7 Å². The lowest BCUT2D eigenvalue weighted by Crippen LogP contribution is -2.30. The molecule has 0 aliphatic rings. The van der Waals surface area contributed by atoms with Crippen LogP contribution in [0.15, 0.2) is 84.9 Å². The van der Waals surface area contributed by atoms with Crippen LogP contribution < -0.4 is 0 Å². The van der Waals surface area contributed by atoms with E-state index in [1.807, 2.05) is 48.5 Å². The van der Waals surface area contributed by atoms with Gasteiger partial charge in [0.1, 0.15) is 0 Å². The molecule has 0 saturated carbocycles. The van der Waals surface area contributed by atoms with E-state index >= 15 is 0 Å². The highest BCUT2D eigenvalue weighted by Gasteiger charge is 2.19. The fourth-order valence-electron chi connectivity index (χ4n) is 3.43. The largest absolute Gasteiger partial charge is 0.294 e. The molecule has 2 atom stereocenters. The molecule has 0 aliphatic heterocycles. The second kappa shape index (κ2) is 11.2. The Kier molecular flexibility index (Phi) is 8.31. The van der Waals surface area contributed by atoms with Crippen molar-refractivity contribution in [2.24, 2.45) is 0 Å². The van der Waals surface area contributed by atoms with Crippen molar-refractivity contribution < 1.29 is 0 Å². The Hall–Kier alpha value is -2.12. The van der Waals surface area contributed by atoms with Gasteiger partial charge in [-0.2, -0.15) is 5.26 Å². The molecule has 0 fully saturated rings. The third-order valence-electron chi connectivity index (χ3n) is 4.87. The second-order valence-electron chi connectivity index (χ2n) is 7.21. The number of rotatable bonds is 9. The minimum Gasteiger partial charge on any atom is -0.294 e. The van der Waals surface area contributed by atoms with Crippen LogP contribution in [-0.2, 0) is 13.1 Å². The molecule has 0 N–H and O–H groups in total. The lowest BCUT2D eigenvalue weighted by atomic mass is 9.95. The predicted octanol–water partition coefficient (Wildman–Crippen LogP) is 6.80. The summed E-state index contributed by atoms with van der Waals surface area (Å²) in [6.07, 6.45) is 0.770. The maximum absolute atomic E-state index is 9.66. The van der Waals surface area contributed by atoms with Crippen LogP contribution in [0.3, 0.4) is 0 Å². The number of benzene rings is 3. The van der Waals surface area contributed by atoms with Gasteiger partial charge in [-0.15, -0.1) is 0 Å². The minimum atomic E-state index is -0.116. The van der Waals surface area contributed by atoms with Gasteiger partial charge in [0.05, 0.1) is 12.0 Å². The quantitative estimate of drug-likeness (QED) is 0.323. The topological polar surface area (TPSA) is 27.0 Å². The van der Waals surface area contributed by atoms with Gasteiger partial charge in [0.2, 0.25) is 0 Å². The van der Waals surface area contributed by atoms with E-state index < -0.39 is 0 Å². The Morgan fingerprint density at radius 1 is 0.828 bits per heavy atom. The first-order valence-electron chi connectivity index (χ1n) is 9.73. The summed E-state index contributed by atoms with van der Waals surface area (Å²) in [5.74, 6) is -0.116. The zero-order valence-electron chi connectivity index (χ0n) is 16.2. The molecule has 3 aromatic rings. The van der Waals surface area contributed by atoms with E-state index in [2.05, 4.69) is 63.3 Å². The van der Waals surface area contributed by atoms with E-state index in [1.54, 1.807) is 0 Å². The normalized spacial score (nSPS) is 13.0. The Labute approximate surface area is 186 Å². The van der Waals surface area contributed by atoms with Crippen molar-refractivity contribution in [1.82, 2.24) is 4.90 Å². The molecule has 0 radical (unpaired) electrons. The molecule has 148 valence electrons. The van der Waals surface area contributed by atoms with E-state index in [4.69, 9.17) is 11.6 Å². The van der Waals surface area contributed by atoms with Crippen molar-refractivity contribution in [2.75, 3.05) is 6.54 Å². The first kappa shape index (κ1) is 21.6. The summed E-state index contributed by atoms with van der Waals surface area (Å²) in [6.45, 7) is 2.54. The van der Waals surface area contributed by atoms with Crippen LogP contribution in [0.1, 0.15) is 29.0 Å². The molecule has 29 heavy (non-hydrogen) atoms. The maximum Gasteiger partial charge on any atom is 0.0723 e. The molecule has 2 unspecified atom stereocenters. The number of hydrogen-bond donors (Lipinski definition) is 0. The number of nitrogens with zero attached hydrogens (tertiary/aromatic N) is 2. The van der Waals surface area contributed by atoms with E-state index in [9.17, 15) is 5.26 Å². The summed E-state index contributed by atoms with van der Waals surface area (Å²) < 4.78 is 0. The summed E-state index contributed by atoms with van der Waals surface area (Å²) in [5, 5.41) is 10.4. The second-order valence-corrected chi connectivity index (χ2v) is 8.94. The van der Waals surface area contributed by atoms with Gasteiger partial charge in [0.25, 0.3) is 0 Å². The molecule has 0 saturated heterocycles. The Balaban J connectivity index is 1.69. The van der Waals surface area contributed by atoms with Gasteiger partial charge in [-0.25, -0.2) is 0 Å². The van der Waals surface area contributed by atoms with Gasteiger partial charge in [-0.1, -0.05) is 100 Å². The van der Waals surface area contributed by atoms with E-state index in [1.165, 1.54) is 11.1 Å². The Morgan fingerprint density at radius 3 is 1.97 bits per heavy atom. The Morgan fingerprint density at radius 2 is 1.38 bits per heavy atom. The summed E-state index contributed by atoms with van der Waals surface area (Å²) in [7, 11) is 0. The zero-order valence-corrected chi connectivity index (χ0v) is 18.6. The molecular formula is C25H24BrClN2. The third-order valence-corrected chi connectivity index (χ3v) is 5.79.